The fraction of sp³-hybridized carbons (Fsp3) is 1.00. The fourth-order valence-electron chi connectivity index (χ4n) is 3.71. The zero-order valence-electron chi connectivity index (χ0n) is 12.3. The maximum absolute atomic E-state index is 9.35. The Bertz CT molecular complexity index is 279. The molecule has 0 radical (unpaired) electrons. The summed E-state index contributed by atoms with van der Waals surface area (Å²) in [6.45, 7) is 9.66. The van der Waals surface area contributed by atoms with Crippen molar-refractivity contribution in [1.82, 2.24) is 4.90 Å². The van der Waals surface area contributed by atoms with Crippen LogP contribution in [0.5, 0.6) is 0 Å². The molecule has 2 rings (SSSR count). The van der Waals surface area contributed by atoms with Crippen LogP contribution in [-0.2, 0) is 0 Å². The van der Waals surface area contributed by atoms with Crippen molar-refractivity contribution in [2.24, 2.45) is 17.1 Å². The lowest BCUT2D eigenvalue weighted by molar-refractivity contribution is 0.0798. The Kier molecular flexibility index (Phi) is 4.05. The Morgan fingerprint density at radius 1 is 1.22 bits per heavy atom. The second-order valence-corrected chi connectivity index (χ2v) is 7.59. The highest BCUT2D eigenvalue weighted by Gasteiger charge is 2.39. The zero-order chi connectivity index (χ0) is 13.4. The third-order valence-corrected chi connectivity index (χ3v) is 5.20. The Hall–Kier alpha value is -0.120. The third kappa shape index (κ3) is 3.06. The standard InChI is InChI=1S/C15H30N2O/c1-14(2,3)12-5-8-17(9-6-12)13-4-7-15(16,10-13)11-18/h12-13,18H,4-11,16H2,1-3H3. The van der Waals surface area contributed by atoms with Gasteiger partial charge in [0.15, 0.2) is 0 Å². The highest BCUT2D eigenvalue weighted by Crippen LogP contribution is 2.37. The summed E-state index contributed by atoms with van der Waals surface area (Å²) >= 11 is 0. The lowest BCUT2D eigenvalue weighted by atomic mass is 9.75. The normalized spacial score (nSPS) is 36.2. The van der Waals surface area contributed by atoms with Gasteiger partial charge in [-0.3, -0.25) is 0 Å². The lowest BCUT2D eigenvalue weighted by Crippen LogP contribution is -2.46. The first-order valence-corrected chi connectivity index (χ1v) is 7.48. The van der Waals surface area contributed by atoms with Crippen molar-refractivity contribution < 1.29 is 5.11 Å². The summed E-state index contributed by atoms with van der Waals surface area (Å²) in [4.78, 5) is 2.62. The average Bonchev–Trinajstić information content (AvgIpc) is 2.72. The minimum absolute atomic E-state index is 0.141. The summed E-state index contributed by atoms with van der Waals surface area (Å²) in [7, 11) is 0. The molecule has 1 saturated carbocycles. The quantitative estimate of drug-likeness (QED) is 0.792. The molecule has 3 nitrogen and oxygen atoms in total. The second kappa shape index (κ2) is 5.10. The van der Waals surface area contributed by atoms with E-state index in [9.17, 15) is 5.11 Å². The van der Waals surface area contributed by atoms with Gasteiger partial charge in [-0.1, -0.05) is 20.8 Å². The molecule has 106 valence electrons. The number of nitrogens with zero attached hydrogens (tertiary/aromatic N) is 1. The molecule has 0 aromatic carbocycles. The predicted molar refractivity (Wildman–Crippen MR) is 75.4 cm³/mol. The smallest absolute Gasteiger partial charge is 0.0611 e. The molecule has 0 amide bonds. The molecule has 0 bridgehead atoms. The molecule has 2 unspecified atom stereocenters. The van der Waals surface area contributed by atoms with Gasteiger partial charge in [0, 0.05) is 11.6 Å². The Morgan fingerprint density at radius 3 is 2.28 bits per heavy atom. The second-order valence-electron chi connectivity index (χ2n) is 7.59. The van der Waals surface area contributed by atoms with Gasteiger partial charge in [-0.25, -0.2) is 0 Å². The molecule has 2 fully saturated rings. The van der Waals surface area contributed by atoms with Crippen molar-refractivity contribution in [3.63, 3.8) is 0 Å². The minimum atomic E-state index is -0.300. The highest BCUT2D eigenvalue weighted by molar-refractivity contribution is 4.98. The first kappa shape index (κ1) is 14.3. The van der Waals surface area contributed by atoms with E-state index in [0.717, 1.165) is 25.2 Å². The van der Waals surface area contributed by atoms with Crippen molar-refractivity contribution in [1.29, 1.82) is 0 Å². The van der Waals surface area contributed by atoms with Gasteiger partial charge < -0.3 is 15.7 Å². The van der Waals surface area contributed by atoms with Crippen LogP contribution >= 0.6 is 0 Å². The molecule has 0 aromatic rings. The number of likely N-dealkylation sites (tertiary alicyclic amines) is 1. The molecule has 1 saturated heterocycles. The first-order chi connectivity index (χ1) is 8.34. The van der Waals surface area contributed by atoms with Gasteiger partial charge in [0.05, 0.1) is 6.61 Å². The summed E-state index contributed by atoms with van der Waals surface area (Å²) in [6.07, 6.45) is 5.75. The molecule has 0 spiro atoms. The van der Waals surface area contributed by atoms with Crippen LogP contribution in [0.1, 0.15) is 52.9 Å². The van der Waals surface area contributed by atoms with Gasteiger partial charge in [0.25, 0.3) is 0 Å². The van der Waals surface area contributed by atoms with E-state index < -0.39 is 0 Å². The molecular formula is C15H30N2O. The Morgan fingerprint density at radius 2 is 1.83 bits per heavy atom. The van der Waals surface area contributed by atoms with Crippen LogP contribution in [0.25, 0.3) is 0 Å². The summed E-state index contributed by atoms with van der Waals surface area (Å²) in [5.41, 5.74) is 6.32. The Balaban J connectivity index is 1.84. The number of rotatable bonds is 2. The number of piperidine rings is 1. The summed E-state index contributed by atoms with van der Waals surface area (Å²) in [5.74, 6) is 0.857. The number of nitrogens with two attached hydrogens (primary N) is 1. The maximum Gasteiger partial charge on any atom is 0.0611 e. The van der Waals surface area contributed by atoms with Crippen LogP contribution in [-0.4, -0.2) is 41.3 Å². The molecule has 3 heteroatoms. The van der Waals surface area contributed by atoms with E-state index in [-0.39, 0.29) is 12.1 Å². The third-order valence-electron chi connectivity index (χ3n) is 5.20. The number of hydrogen-bond donors (Lipinski definition) is 2. The van der Waals surface area contributed by atoms with E-state index in [1.807, 2.05) is 0 Å². The van der Waals surface area contributed by atoms with Crippen molar-refractivity contribution >= 4 is 0 Å². The molecule has 2 atom stereocenters. The van der Waals surface area contributed by atoms with E-state index in [2.05, 4.69) is 25.7 Å². The van der Waals surface area contributed by atoms with Crippen LogP contribution in [0, 0.1) is 11.3 Å². The van der Waals surface area contributed by atoms with Gasteiger partial charge in [0.1, 0.15) is 0 Å². The molecule has 2 aliphatic rings. The monoisotopic (exact) mass is 254 g/mol. The van der Waals surface area contributed by atoms with E-state index in [1.165, 1.54) is 25.9 Å². The zero-order valence-corrected chi connectivity index (χ0v) is 12.3. The number of aliphatic hydroxyl groups is 1. The molecular weight excluding hydrogens is 224 g/mol. The van der Waals surface area contributed by atoms with E-state index in [0.29, 0.717) is 11.5 Å². The van der Waals surface area contributed by atoms with E-state index in [4.69, 9.17) is 5.73 Å². The van der Waals surface area contributed by atoms with Crippen molar-refractivity contribution in [3.8, 4) is 0 Å². The van der Waals surface area contributed by atoms with Crippen LogP contribution in [0.4, 0.5) is 0 Å². The minimum Gasteiger partial charge on any atom is -0.394 e. The predicted octanol–water partition coefficient (Wildman–Crippen LogP) is 1.99. The molecule has 1 aliphatic heterocycles. The van der Waals surface area contributed by atoms with Crippen LogP contribution < -0.4 is 5.73 Å². The van der Waals surface area contributed by atoms with Gasteiger partial charge in [0.2, 0.25) is 0 Å². The fourth-order valence-corrected chi connectivity index (χ4v) is 3.71. The topological polar surface area (TPSA) is 49.5 Å². The van der Waals surface area contributed by atoms with Crippen LogP contribution in [0.3, 0.4) is 0 Å². The summed E-state index contributed by atoms with van der Waals surface area (Å²) in [5, 5.41) is 9.35. The van der Waals surface area contributed by atoms with Crippen LogP contribution in [0.15, 0.2) is 0 Å². The van der Waals surface area contributed by atoms with Gasteiger partial charge in [-0.2, -0.15) is 0 Å². The summed E-state index contributed by atoms with van der Waals surface area (Å²) in [6, 6.07) is 0.614. The number of hydrogen-bond acceptors (Lipinski definition) is 3. The van der Waals surface area contributed by atoms with Crippen molar-refractivity contribution in [2.45, 2.75) is 64.5 Å². The summed E-state index contributed by atoms with van der Waals surface area (Å²) < 4.78 is 0. The molecule has 0 aromatic heterocycles. The Labute approximate surface area is 112 Å². The maximum atomic E-state index is 9.35. The van der Waals surface area contributed by atoms with E-state index >= 15 is 0 Å². The SMILES string of the molecule is CC(C)(C)C1CCN(C2CCC(N)(CO)C2)CC1. The van der Waals surface area contributed by atoms with Crippen LogP contribution in [0.2, 0.25) is 0 Å². The number of aliphatic hydroxyl groups excluding tert-OH is 1. The van der Waals surface area contributed by atoms with Crippen molar-refractivity contribution in [3.05, 3.63) is 0 Å². The lowest BCUT2D eigenvalue weighted by Gasteiger charge is -2.41. The van der Waals surface area contributed by atoms with E-state index in [1.54, 1.807) is 0 Å². The molecule has 1 aliphatic carbocycles. The van der Waals surface area contributed by atoms with Crippen molar-refractivity contribution in [2.75, 3.05) is 19.7 Å². The molecule has 18 heavy (non-hydrogen) atoms. The molecule has 1 heterocycles. The first-order valence-electron chi connectivity index (χ1n) is 7.48. The average molecular weight is 254 g/mol. The largest absolute Gasteiger partial charge is 0.394 e. The highest BCUT2D eigenvalue weighted by atomic mass is 16.3. The van der Waals surface area contributed by atoms with Gasteiger partial charge in [-0.05, 0) is 56.5 Å². The van der Waals surface area contributed by atoms with Gasteiger partial charge in [-0.15, -0.1) is 0 Å². The van der Waals surface area contributed by atoms with Gasteiger partial charge >= 0.3 is 0 Å². The molecule has 3 N–H and O–H groups in total.